The van der Waals surface area contributed by atoms with Crippen molar-refractivity contribution < 1.29 is 9.59 Å². The molecule has 0 atom stereocenters. The Bertz CT molecular complexity index is 851. The molecule has 1 aliphatic heterocycles. The van der Waals surface area contributed by atoms with Gasteiger partial charge in [0.25, 0.3) is 5.91 Å². The Morgan fingerprint density at radius 2 is 1.77 bits per heavy atom. The molecule has 132 valence electrons. The van der Waals surface area contributed by atoms with E-state index in [1.54, 1.807) is 28.0 Å². The number of carbonyl (C=O) groups is 2. The molecule has 1 aromatic heterocycles. The molecule has 0 radical (unpaired) electrons. The van der Waals surface area contributed by atoms with Gasteiger partial charge in [0.1, 0.15) is 17.6 Å². The van der Waals surface area contributed by atoms with Crippen LogP contribution in [0.2, 0.25) is 0 Å². The quantitative estimate of drug-likeness (QED) is 0.897. The number of benzene rings is 1. The maximum atomic E-state index is 12.5. The average molecular weight is 350 g/mol. The van der Waals surface area contributed by atoms with Gasteiger partial charge in [-0.1, -0.05) is 12.1 Å². The van der Waals surface area contributed by atoms with Gasteiger partial charge < -0.3 is 15.1 Å². The summed E-state index contributed by atoms with van der Waals surface area (Å²) in [6, 6.07) is 9.17. The number of carbonyl (C=O) groups excluding carboxylic acids is 2. The van der Waals surface area contributed by atoms with Crippen LogP contribution in [0.1, 0.15) is 23.0 Å². The highest BCUT2D eigenvalue weighted by Gasteiger charge is 2.24. The van der Waals surface area contributed by atoms with Crippen LogP contribution in [0, 0.1) is 11.3 Å². The third kappa shape index (κ3) is 3.78. The second-order valence-corrected chi connectivity index (χ2v) is 5.87. The molecule has 2 amide bonds. The van der Waals surface area contributed by atoms with Crippen molar-refractivity contribution in [2.45, 2.75) is 6.92 Å². The molecule has 3 rings (SSSR count). The van der Waals surface area contributed by atoms with Crippen molar-refractivity contribution in [1.82, 2.24) is 19.8 Å². The largest absolute Gasteiger partial charge is 0.339 e. The van der Waals surface area contributed by atoms with Crippen LogP contribution in [-0.2, 0) is 4.79 Å². The first-order chi connectivity index (χ1) is 12.6. The molecule has 26 heavy (non-hydrogen) atoms. The smallest absolute Gasteiger partial charge is 0.274 e. The van der Waals surface area contributed by atoms with Gasteiger partial charge in [-0.05, 0) is 12.1 Å². The van der Waals surface area contributed by atoms with Gasteiger partial charge in [0.2, 0.25) is 5.91 Å². The fourth-order valence-electron chi connectivity index (χ4n) is 2.72. The van der Waals surface area contributed by atoms with Crippen LogP contribution in [0.15, 0.2) is 36.7 Å². The van der Waals surface area contributed by atoms with Crippen molar-refractivity contribution in [2.75, 3.05) is 31.5 Å². The summed E-state index contributed by atoms with van der Waals surface area (Å²) in [6.07, 6.45) is 2.88. The summed E-state index contributed by atoms with van der Waals surface area (Å²) in [6.45, 7) is 3.54. The molecule has 1 N–H and O–H groups in total. The molecule has 1 aromatic carbocycles. The van der Waals surface area contributed by atoms with Crippen molar-refractivity contribution in [2.24, 2.45) is 0 Å². The van der Waals surface area contributed by atoms with Crippen LogP contribution in [-0.4, -0.2) is 57.8 Å². The van der Waals surface area contributed by atoms with E-state index in [0.29, 0.717) is 43.2 Å². The van der Waals surface area contributed by atoms with Crippen LogP contribution in [0.4, 0.5) is 11.5 Å². The Hall–Kier alpha value is -3.47. The highest BCUT2D eigenvalue weighted by molar-refractivity contribution is 5.92. The number of nitrogens with one attached hydrogen (secondary N) is 1. The number of rotatable bonds is 3. The summed E-state index contributed by atoms with van der Waals surface area (Å²) in [5, 5.41) is 12.1. The summed E-state index contributed by atoms with van der Waals surface area (Å²) < 4.78 is 0. The number of hydrogen-bond acceptors (Lipinski definition) is 6. The van der Waals surface area contributed by atoms with E-state index < -0.39 is 0 Å². The zero-order valence-corrected chi connectivity index (χ0v) is 14.3. The van der Waals surface area contributed by atoms with Crippen molar-refractivity contribution in [3.05, 3.63) is 47.9 Å². The lowest BCUT2D eigenvalue weighted by molar-refractivity contribution is -0.130. The third-order valence-electron chi connectivity index (χ3n) is 4.19. The zero-order valence-electron chi connectivity index (χ0n) is 14.3. The number of aromatic nitrogens is 2. The average Bonchev–Trinajstić information content (AvgIpc) is 2.68. The standard InChI is InChI=1S/C18H18N6O2/c1-13(25)23-6-8-24(9-7-23)18(26)16-11-21-17(12-20-16)22-15-5-3-2-4-14(15)10-19/h2-5,11-12H,6-9H2,1H3,(H,21,22). The van der Waals surface area contributed by atoms with Gasteiger partial charge in [-0.15, -0.1) is 0 Å². The monoisotopic (exact) mass is 350 g/mol. The van der Waals surface area contributed by atoms with E-state index in [1.807, 2.05) is 6.07 Å². The lowest BCUT2D eigenvalue weighted by Gasteiger charge is -2.33. The van der Waals surface area contributed by atoms with Crippen LogP contribution >= 0.6 is 0 Å². The number of hydrogen-bond donors (Lipinski definition) is 1. The van der Waals surface area contributed by atoms with Gasteiger partial charge in [0.05, 0.1) is 23.6 Å². The summed E-state index contributed by atoms with van der Waals surface area (Å²) in [4.78, 5) is 35.6. The molecule has 0 saturated carbocycles. The van der Waals surface area contributed by atoms with E-state index in [2.05, 4.69) is 21.4 Å². The van der Waals surface area contributed by atoms with Gasteiger partial charge in [-0.3, -0.25) is 9.59 Å². The van der Waals surface area contributed by atoms with Crippen molar-refractivity contribution in [3.63, 3.8) is 0 Å². The summed E-state index contributed by atoms with van der Waals surface area (Å²) in [7, 11) is 0. The fraction of sp³-hybridized carbons (Fsp3) is 0.278. The zero-order chi connectivity index (χ0) is 18.5. The van der Waals surface area contributed by atoms with E-state index in [4.69, 9.17) is 5.26 Å². The van der Waals surface area contributed by atoms with Crippen LogP contribution < -0.4 is 5.32 Å². The number of nitrogens with zero attached hydrogens (tertiary/aromatic N) is 5. The highest BCUT2D eigenvalue weighted by Crippen LogP contribution is 2.18. The third-order valence-corrected chi connectivity index (χ3v) is 4.19. The number of para-hydroxylation sites is 1. The predicted molar refractivity (Wildman–Crippen MR) is 94.6 cm³/mol. The Labute approximate surface area is 151 Å². The SMILES string of the molecule is CC(=O)N1CCN(C(=O)c2cnc(Nc3ccccc3C#N)cn2)CC1. The predicted octanol–water partition coefficient (Wildman–Crippen LogP) is 1.40. The van der Waals surface area contributed by atoms with Crippen molar-refractivity contribution in [1.29, 1.82) is 5.26 Å². The van der Waals surface area contributed by atoms with Gasteiger partial charge in [0.15, 0.2) is 0 Å². The molecular weight excluding hydrogens is 332 g/mol. The van der Waals surface area contributed by atoms with Crippen LogP contribution in [0.5, 0.6) is 0 Å². The van der Waals surface area contributed by atoms with Crippen LogP contribution in [0.25, 0.3) is 0 Å². The summed E-state index contributed by atoms with van der Waals surface area (Å²) in [5.74, 6) is 0.264. The molecule has 2 aromatic rings. The molecule has 1 fully saturated rings. The fourth-order valence-corrected chi connectivity index (χ4v) is 2.72. The summed E-state index contributed by atoms with van der Waals surface area (Å²) >= 11 is 0. The molecule has 2 heterocycles. The van der Waals surface area contributed by atoms with E-state index in [9.17, 15) is 9.59 Å². The van der Waals surface area contributed by atoms with Gasteiger partial charge >= 0.3 is 0 Å². The normalized spacial score (nSPS) is 13.8. The highest BCUT2D eigenvalue weighted by atomic mass is 16.2. The first kappa shape index (κ1) is 17.4. The molecule has 1 saturated heterocycles. The number of nitriles is 1. The minimum atomic E-state index is -0.204. The second-order valence-electron chi connectivity index (χ2n) is 5.87. The Morgan fingerprint density at radius 3 is 2.38 bits per heavy atom. The molecule has 0 spiro atoms. The van der Waals surface area contributed by atoms with E-state index in [-0.39, 0.29) is 17.5 Å². The molecule has 0 bridgehead atoms. The minimum Gasteiger partial charge on any atom is -0.339 e. The molecule has 1 aliphatic rings. The minimum absolute atomic E-state index is 0.0185. The van der Waals surface area contributed by atoms with Gasteiger partial charge in [0, 0.05) is 33.1 Å². The van der Waals surface area contributed by atoms with Crippen molar-refractivity contribution >= 4 is 23.3 Å². The Kier molecular flexibility index (Phi) is 5.08. The summed E-state index contributed by atoms with van der Waals surface area (Å²) in [5.41, 5.74) is 1.38. The molecular formula is C18H18N6O2. The Balaban J connectivity index is 1.65. The molecule has 8 heteroatoms. The number of anilines is 2. The Morgan fingerprint density at radius 1 is 1.08 bits per heavy atom. The van der Waals surface area contributed by atoms with E-state index in [0.717, 1.165) is 0 Å². The van der Waals surface area contributed by atoms with Gasteiger partial charge in [-0.2, -0.15) is 5.26 Å². The molecule has 8 nitrogen and oxygen atoms in total. The number of piperazine rings is 1. The maximum Gasteiger partial charge on any atom is 0.274 e. The first-order valence-electron chi connectivity index (χ1n) is 8.21. The van der Waals surface area contributed by atoms with E-state index >= 15 is 0 Å². The maximum absolute atomic E-state index is 12.5. The van der Waals surface area contributed by atoms with Crippen LogP contribution in [0.3, 0.4) is 0 Å². The first-order valence-corrected chi connectivity index (χ1v) is 8.21. The lowest BCUT2D eigenvalue weighted by Crippen LogP contribution is -2.50. The topological polar surface area (TPSA) is 102 Å². The molecule has 0 unspecified atom stereocenters. The second kappa shape index (κ2) is 7.61. The van der Waals surface area contributed by atoms with Crippen molar-refractivity contribution in [3.8, 4) is 6.07 Å². The molecule has 0 aliphatic carbocycles. The van der Waals surface area contributed by atoms with Gasteiger partial charge in [-0.25, -0.2) is 9.97 Å². The number of amides is 2. The van der Waals surface area contributed by atoms with E-state index in [1.165, 1.54) is 19.3 Å². The lowest BCUT2D eigenvalue weighted by atomic mass is 10.2.